The van der Waals surface area contributed by atoms with Crippen LogP contribution in [-0.2, 0) is 16.1 Å². The van der Waals surface area contributed by atoms with Crippen molar-refractivity contribution in [2.75, 3.05) is 13.7 Å². The highest BCUT2D eigenvalue weighted by atomic mass is 16.5. The number of benzene rings is 2. The lowest BCUT2D eigenvalue weighted by Gasteiger charge is -2.32. The van der Waals surface area contributed by atoms with Gasteiger partial charge < -0.3 is 14.7 Å². The van der Waals surface area contributed by atoms with E-state index in [2.05, 4.69) is 32.9 Å². The van der Waals surface area contributed by atoms with Gasteiger partial charge in [-0.2, -0.15) is 0 Å². The van der Waals surface area contributed by atoms with Gasteiger partial charge in [-0.3, -0.25) is 4.79 Å². The van der Waals surface area contributed by atoms with E-state index in [9.17, 15) is 9.90 Å². The Morgan fingerprint density at radius 3 is 1.97 bits per heavy atom. The Bertz CT molecular complexity index is 825. The molecular weight excluding hydrogens is 422 g/mol. The van der Waals surface area contributed by atoms with E-state index in [1.165, 1.54) is 5.56 Å². The Labute approximate surface area is 207 Å². The number of hydrogen-bond donors (Lipinski definition) is 1. The summed E-state index contributed by atoms with van der Waals surface area (Å²) in [5.74, 6) is 1.60. The maximum Gasteiger partial charge on any atom is 0.225 e. The van der Waals surface area contributed by atoms with Gasteiger partial charge in [0.1, 0.15) is 0 Å². The van der Waals surface area contributed by atoms with E-state index in [0.29, 0.717) is 24.4 Å². The molecule has 0 aromatic heterocycles. The predicted octanol–water partition coefficient (Wildman–Crippen LogP) is 6.50. The van der Waals surface area contributed by atoms with Crippen LogP contribution in [0.15, 0.2) is 60.7 Å². The van der Waals surface area contributed by atoms with Gasteiger partial charge in [0.2, 0.25) is 5.91 Å². The molecule has 0 fully saturated rings. The van der Waals surface area contributed by atoms with E-state index in [4.69, 9.17) is 4.74 Å². The molecule has 0 radical (unpaired) electrons. The molecule has 0 saturated heterocycles. The molecule has 2 aromatic rings. The zero-order valence-corrected chi connectivity index (χ0v) is 22.0. The summed E-state index contributed by atoms with van der Waals surface area (Å²) in [6, 6.07) is 19.6. The minimum absolute atomic E-state index is 0.0655. The first-order chi connectivity index (χ1) is 16.2. The average molecular weight is 468 g/mol. The Morgan fingerprint density at radius 1 is 0.824 bits per heavy atom. The topological polar surface area (TPSA) is 49.8 Å². The van der Waals surface area contributed by atoms with Crippen LogP contribution >= 0.6 is 0 Å². The zero-order valence-electron chi connectivity index (χ0n) is 22.0. The van der Waals surface area contributed by atoms with Crippen molar-refractivity contribution >= 4 is 5.91 Å². The summed E-state index contributed by atoms with van der Waals surface area (Å²) in [6.45, 7) is 12.2. The fraction of sp³-hybridized carbons (Fsp3) is 0.567. The molecule has 1 amide bonds. The Morgan fingerprint density at radius 2 is 1.35 bits per heavy atom. The summed E-state index contributed by atoms with van der Waals surface area (Å²) in [4.78, 5) is 14.8. The molecule has 0 saturated carbocycles. The molecule has 2 aromatic carbocycles. The molecule has 0 bridgehead atoms. The minimum Gasteiger partial charge on any atom is -0.386 e. The van der Waals surface area contributed by atoms with Crippen LogP contribution in [0.4, 0.5) is 0 Å². The first-order valence-corrected chi connectivity index (χ1v) is 12.8. The van der Waals surface area contributed by atoms with E-state index < -0.39 is 6.10 Å². The fourth-order valence-electron chi connectivity index (χ4n) is 4.98. The molecule has 2 rings (SSSR count). The molecule has 6 atom stereocenters. The normalized spacial score (nSPS) is 16.8. The van der Waals surface area contributed by atoms with Crippen LogP contribution in [0, 0.1) is 23.7 Å². The second-order valence-electron chi connectivity index (χ2n) is 10.5. The van der Waals surface area contributed by atoms with Crippen molar-refractivity contribution in [1.29, 1.82) is 0 Å². The van der Waals surface area contributed by atoms with Gasteiger partial charge in [0.25, 0.3) is 0 Å². The minimum atomic E-state index is -0.689. The third-order valence-electron chi connectivity index (χ3n) is 6.86. The van der Waals surface area contributed by atoms with Crippen LogP contribution in [0.3, 0.4) is 0 Å². The monoisotopic (exact) mass is 467 g/mol. The SMILES string of the molecule is C[C@H](C[C@H](C)COCc1ccccc1)C[C@@H](C)C[C@H](C)C(=O)N(C)[C@H](C)[C@H](O)c1ccccc1. The van der Waals surface area contributed by atoms with Crippen LogP contribution < -0.4 is 0 Å². The van der Waals surface area contributed by atoms with Crippen LogP contribution in [0.5, 0.6) is 0 Å². The van der Waals surface area contributed by atoms with Crippen molar-refractivity contribution in [1.82, 2.24) is 4.90 Å². The number of rotatable bonds is 14. The molecule has 188 valence electrons. The first-order valence-electron chi connectivity index (χ1n) is 12.8. The number of aliphatic hydroxyl groups is 1. The highest BCUT2D eigenvalue weighted by Gasteiger charge is 2.28. The van der Waals surface area contributed by atoms with Crippen molar-refractivity contribution in [2.45, 2.75) is 72.6 Å². The Hall–Kier alpha value is -2.17. The fourth-order valence-corrected chi connectivity index (χ4v) is 4.98. The van der Waals surface area contributed by atoms with Gasteiger partial charge >= 0.3 is 0 Å². The molecule has 4 heteroatoms. The van der Waals surface area contributed by atoms with Gasteiger partial charge in [-0.15, -0.1) is 0 Å². The van der Waals surface area contributed by atoms with E-state index in [-0.39, 0.29) is 17.9 Å². The van der Waals surface area contributed by atoms with Crippen molar-refractivity contribution < 1.29 is 14.6 Å². The average Bonchev–Trinajstić information content (AvgIpc) is 2.83. The van der Waals surface area contributed by atoms with Crippen molar-refractivity contribution in [3.05, 3.63) is 71.8 Å². The smallest absolute Gasteiger partial charge is 0.225 e. The van der Waals surface area contributed by atoms with Crippen molar-refractivity contribution in [3.8, 4) is 0 Å². The number of amides is 1. The van der Waals surface area contributed by atoms with Gasteiger partial charge in [-0.05, 0) is 55.1 Å². The predicted molar refractivity (Wildman–Crippen MR) is 140 cm³/mol. The highest BCUT2D eigenvalue weighted by Crippen LogP contribution is 2.27. The van der Waals surface area contributed by atoms with Crippen LogP contribution in [-0.4, -0.2) is 35.6 Å². The van der Waals surface area contributed by atoms with Gasteiger partial charge in [-0.25, -0.2) is 0 Å². The van der Waals surface area contributed by atoms with Crippen molar-refractivity contribution in [2.24, 2.45) is 23.7 Å². The van der Waals surface area contributed by atoms with E-state index in [1.54, 1.807) is 11.9 Å². The van der Waals surface area contributed by atoms with E-state index in [0.717, 1.165) is 31.4 Å². The number of carbonyl (C=O) groups excluding carboxylic acids is 1. The molecule has 0 aliphatic heterocycles. The number of nitrogens with zero attached hydrogens (tertiary/aromatic N) is 1. The lowest BCUT2D eigenvalue weighted by atomic mass is 9.85. The van der Waals surface area contributed by atoms with Crippen LogP contribution in [0.1, 0.15) is 71.1 Å². The summed E-state index contributed by atoms with van der Waals surface area (Å²) in [6.07, 6.45) is 2.40. The molecule has 0 aliphatic carbocycles. The van der Waals surface area contributed by atoms with Crippen molar-refractivity contribution in [3.63, 3.8) is 0 Å². The molecule has 34 heavy (non-hydrogen) atoms. The van der Waals surface area contributed by atoms with Crippen LogP contribution in [0.2, 0.25) is 0 Å². The Kier molecular flexibility index (Phi) is 11.8. The second kappa shape index (κ2) is 14.3. The number of ether oxygens (including phenoxy) is 1. The van der Waals surface area contributed by atoms with Gasteiger partial charge in [0.05, 0.1) is 18.8 Å². The molecule has 0 aliphatic rings. The van der Waals surface area contributed by atoms with Crippen LogP contribution in [0.25, 0.3) is 0 Å². The molecule has 0 spiro atoms. The number of aliphatic hydroxyl groups excluding tert-OH is 1. The summed E-state index contributed by atoms with van der Waals surface area (Å²) in [7, 11) is 1.81. The lowest BCUT2D eigenvalue weighted by molar-refractivity contribution is -0.138. The largest absolute Gasteiger partial charge is 0.386 e. The van der Waals surface area contributed by atoms with E-state index >= 15 is 0 Å². The van der Waals surface area contributed by atoms with Gasteiger partial charge in [0, 0.05) is 19.6 Å². The third-order valence-corrected chi connectivity index (χ3v) is 6.86. The molecular formula is C30H45NO3. The number of hydrogen-bond acceptors (Lipinski definition) is 3. The summed E-state index contributed by atoms with van der Waals surface area (Å²) < 4.78 is 5.91. The zero-order chi connectivity index (χ0) is 25.1. The van der Waals surface area contributed by atoms with Gasteiger partial charge in [0.15, 0.2) is 0 Å². The molecule has 0 heterocycles. The van der Waals surface area contributed by atoms with Gasteiger partial charge in [-0.1, -0.05) is 88.4 Å². The highest BCUT2D eigenvalue weighted by molar-refractivity contribution is 5.78. The number of carbonyl (C=O) groups is 1. The summed E-state index contributed by atoms with van der Waals surface area (Å²) in [5, 5.41) is 10.7. The first kappa shape index (κ1) is 28.1. The van der Waals surface area contributed by atoms with E-state index in [1.807, 2.05) is 62.4 Å². The quantitative estimate of drug-likeness (QED) is 0.345. The lowest BCUT2D eigenvalue weighted by Crippen LogP contribution is -2.42. The summed E-state index contributed by atoms with van der Waals surface area (Å²) in [5.41, 5.74) is 2.05. The molecule has 1 N–H and O–H groups in total. The number of likely N-dealkylation sites (N-methyl/N-ethyl adjacent to an activating group) is 1. The third kappa shape index (κ3) is 9.23. The second-order valence-corrected chi connectivity index (χ2v) is 10.5. The standard InChI is InChI=1S/C30H45NO3/c1-22(18-24(3)20-34-21-27-13-9-7-10-14-27)17-23(2)19-25(4)30(33)31(6)26(5)29(32)28-15-11-8-12-16-28/h7-16,22-26,29,32H,17-21H2,1-6H3/t22-,23+,24-,25-,26+,29-/m0/s1. The summed E-state index contributed by atoms with van der Waals surface area (Å²) >= 11 is 0. The molecule has 4 nitrogen and oxygen atoms in total. The Balaban J connectivity index is 1.72. The molecule has 0 unspecified atom stereocenters. The maximum absolute atomic E-state index is 13.1. The maximum atomic E-state index is 13.1.